The van der Waals surface area contributed by atoms with E-state index in [1.165, 1.54) is 10.4 Å². The maximum atomic E-state index is 10.8. The Morgan fingerprint density at radius 2 is 2.38 bits per heavy atom. The molecule has 0 radical (unpaired) electrons. The predicted octanol–water partition coefficient (Wildman–Crippen LogP) is 2.30. The first-order valence-electron chi connectivity index (χ1n) is 5.61. The Hall–Kier alpha value is -0.870. The van der Waals surface area contributed by atoms with Crippen LogP contribution in [0.25, 0.3) is 0 Å². The van der Waals surface area contributed by atoms with E-state index in [0.29, 0.717) is 13.0 Å². The SMILES string of the molecule is CCC(CNCCc1sccc1C)C(=O)O. The van der Waals surface area contributed by atoms with Crippen molar-refractivity contribution < 1.29 is 9.90 Å². The van der Waals surface area contributed by atoms with E-state index in [2.05, 4.69) is 23.7 Å². The average Bonchev–Trinajstić information content (AvgIpc) is 2.64. The number of hydrogen-bond donors (Lipinski definition) is 2. The van der Waals surface area contributed by atoms with Gasteiger partial charge in [0.25, 0.3) is 0 Å². The van der Waals surface area contributed by atoms with Gasteiger partial charge < -0.3 is 10.4 Å². The Labute approximate surface area is 100 Å². The van der Waals surface area contributed by atoms with Gasteiger partial charge in [-0.1, -0.05) is 6.92 Å². The van der Waals surface area contributed by atoms with Crippen LogP contribution in [0.1, 0.15) is 23.8 Å². The third kappa shape index (κ3) is 3.94. The molecule has 0 spiro atoms. The summed E-state index contributed by atoms with van der Waals surface area (Å²) in [6, 6.07) is 2.12. The van der Waals surface area contributed by atoms with E-state index in [0.717, 1.165) is 13.0 Å². The van der Waals surface area contributed by atoms with Gasteiger partial charge in [-0.25, -0.2) is 0 Å². The van der Waals surface area contributed by atoms with Crippen LogP contribution in [0.15, 0.2) is 11.4 Å². The molecule has 0 aliphatic carbocycles. The Balaban J connectivity index is 2.21. The fraction of sp³-hybridized carbons (Fsp3) is 0.583. The Kier molecular flexibility index (Phi) is 5.49. The zero-order valence-corrected chi connectivity index (χ0v) is 10.6. The summed E-state index contributed by atoms with van der Waals surface area (Å²) in [6.45, 7) is 5.43. The third-order valence-corrected chi connectivity index (χ3v) is 3.81. The van der Waals surface area contributed by atoms with Crippen molar-refractivity contribution in [2.45, 2.75) is 26.7 Å². The van der Waals surface area contributed by atoms with E-state index in [4.69, 9.17) is 5.11 Å². The molecule has 1 aromatic rings. The summed E-state index contributed by atoms with van der Waals surface area (Å²) in [7, 11) is 0. The highest BCUT2D eigenvalue weighted by molar-refractivity contribution is 7.10. The first-order valence-corrected chi connectivity index (χ1v) is 6.49. The number of nitrogens with one attached hydrogen (secondary N) is 1. The summed E-state index contributed by atoms with van der Waals surface area (Å²) in [6.07, 6.45) is 1.67. The van der Waals surface area contributed by atoms with Gasteiger partial charge >= 0.3 is 5.97 Å². The van der Waals surface area contributed by atoms with E-state index in [9.17, 15) is 4.79 Å². The van der Waals surface area contributed by atoms with Crippen LogP contribution in [0.3, 0.4) is 0 Å². The number of carboxylic acid groups (broad SMARTS) is 1. The molecule has 1 unspecified atom stereocenters. The molecule has 3 nitrogen and oxygen atoms in total. The van der Waals surface area contributed by atoms with Gasteiger partial charge in [0.1, 0.15) is 0 Å². The number of thiophene rings is 1. The molecule has 2 N–H and O–H groups in total. The Morgan fingerprint density at radius 3 is 2.88 bits per heavy atom. The zero-order valence-electron chi connectivity index (χ0n) is 9.82. The molecule has 0 saturated heterocycles. The predicted molar refractivity (Wildman–Crippen MR) is 67.0 cm³/mol. The molecule has 0 bridgehead atoms. The standard InChI is InChI=1S/C12H19NO2S/c1-3-10(12(14)15)8-13-6-4-11-9(2)5-7-16-11/h5,7,10,13H,3-4,6,8H2,1-2H3,(H,14,15). The van der Waals surface area contributed by atoms with Crippen molar-refractivity contribution in [1.29, 1.82) is 0 Å². The van der Waals surface area contributed by atoms with Crippen molar-refractivity contribution in [2.24, 2.45) is 5.92 Å². The van der Waals surface area contributed by atoms with Crippen LogP contribution >= 0.6 is 11.3 Å². The van der Waals surface area contributed by atoms with Gasteiger partial charge in [-0.3, -0.25) is 4.79 Å². The smallest absolute Gasteiger partial charge is 0.307 e. The van der Waals surface area contributed by atoms with Gasteiger partial charge in [0.2, 0.25) is 0 Å². The quantitative estimate of drug-likeness (QED) is 0.720. The van der Waals surface area contributed by atoms with Crippen molar-refractivity contribution in [3.63, 3.8) is 0 Å². The van der Waals surface area contributed by atoms with Crippen LogP contribution in [0.4, 0.5) is 0 Å². The molecule has 16 heavy (non-hydrogen) atoms. The highest BCUT2D eigenvalue weighted by Crippen LogP contribution is 2.15. The number of hydrogen-bond acceptors (Lipinski definition) is 3. The number of aryl methyl sites for hydroxylation is 1. The second kappa shape index (κ2) is 6.66. The lowest BCUT2D eigenvalue weighted by Gasteiger charge is -2.10. The lowest BCUT2D eigenvalue weighted by Crippen LogP contribution is -2.29. The monoisotopic (exact) mass is 241 g/mol. The van der Waals surface area contributed by atoms with Gasteiger partial charge in [0.05, 0.1) is 5.92 Å². The third-order valence-electron chi connectivity index (χ3n) is 2.73. The normalized spacial score (nSPS) is 12.6. The van der Waals surface area contributed by atoms with Crippen LogP contribution in [0, 0.1) is 12.8 Å². The minimum absolute atomic E-state index is 0.260. The first kappa shape index (κ1) is 13.2. The summed E-state index contributed by atoms with van der Waals surface area (Å²) in [5.74, 6) is -0.966. The van der Waals surface area contributed by atoms with E-state index >= 15 is 0 Å². The van der Waals surface area contributed by atoms with E-state index in [1.807, 2.05) is 6.92 Å². The zero-order chi connectivity index (χ0) is 12.0. The van der Waals surface area contributed by atoms with Crippen LogP contribution in [0.5, 0.6) is 0 Å². The summed E-state index contributed by atoms with van der Waals surface area (Å²) >= 11 is 1.76. The van der Waals surface area contributed by atoms with E-state index in [1.54, 1.807) is 11.3 Å². The van der Waals surface area contributed by atoms with Crippen molar-refractivity contribution in [3.05, 3.63) is 21.9 Å². The molecule has 1 rings (SSSR count). The number of carbonyl (C=O) groups is 1. The van der Waals surface area contributed by atoms with Crippen molar-refractivity contribution in [1.82, 2.24) is 5.32 Å². The fourth-order valence-corrected chi connectivity index (χ4v) is 2.45. The number of aliphatic carboxylic acids is 1. The molecule has 0 aromatic carbocycles. The molecule has 0 aliphatic heterocycles. The minimum atomic E-state index is -0.706. The fourth-order valence-electron chi connectivity index (χ4n) is 1.54. The second-order valence-electron chi connectivity index (χ2n) is 3.92. The second-order valence-corrected chi connectivity index (χ2v) is 4.92. The van der Waals surface area contributed by atoms with E-state index < -0.39 is 5.97 Å². The molecule has 1 heterocycles. The van der Waals surface area contributed by atoms with Crippen molar-refractivity contribution in [3.8, 4) is 0 Å². The van der Waals surface area contributed by atoms with Crippen LogP contribution < -0.4 is 5.32 Å². The molecular weight excluding hydrogens is 222 g/mol. The van der Waals surface area contributed by atoms with Crippen LogP contribution in [-0.2, 0) is 11.2 Å². The molecule has 4 heteroatoms. The van der Waals surface area contributed by atoms with Crippen LogP contribution in [-0.4, -0.2) is 24.2 Å². The van der Waals surface area contributed by atoms with E-state index in [-0.39, 0.29) is 5.92 Å². The molecule has 0 amide bonds. The number of rotatable bonds is 7. The molecule has 0 aliphatic rings. The minimum Gasteiger partial charge on any atom is -0.481 e. The molecule has 0 fully saturated rings. The lowest BCUT2D eigenvalue weighted by molar-refractivity contribution is -0.141. The maximum absolute atomic E-state index is 10.8. The van der Waals surface area contributed by atoms with Gasteiger partial charge in [-0.2, -0.15) is 0 Å². The van der Waals surface area contributed by atoms with Gasteiger partial charge in [0.15, 0.2) is 0 Å². The highest BCUT2D eigenvalue weighted by Gasteiger charge is 2.13. The molecule has 90 valence electrons. The molecule has 1 aromatic heterocycles. The molecule has 1 atom stereocenters. The summed E-state index contributed by atoms with van der Waals surface area (Å²) < 4.78 is 0. The highest BCUT2D eigenvalue weighted by atomic mass is 32.1. The van der Waals surface area contributed by atoms with Crippen molar-refractivity contribution in [2.75, 3.05) is 13.1 Å². The summed E-state index contributed by atoms with van der Waals surface area (Å²) in [5, 5.41) is 14.2. The number of carboxylic acids is 1. The van der Waals surface area contributed by atoms with Gasteiger partial charge in [-0.05, 0) is 43.3 Å². The summed E-state index contributed by atoms with van der Waals surface area (Å²) in [5.41, 5.74) is 1.33. The molecular formula is C12H19NO2S. The largest absolute Gasteiger partial charge is 0.481 e. The topological polar surface area (TPSA) is 49.3 Å². The Morgan fingerprint density at radius 1 is 1.62 bits per heavy atom. The van der Waals surface area contributed by atoms with Gasteiger partial charge in [0, 0.05) is 11.4 Å². The molecule has 0 saturated carbocycles. The average molecular weight is 241 g/mol. The van der Waals surface area contributed by atoms with Crippen LogP contribution in [0.2, 0.25) is 0 Å². The Bertz CT molecular complexity index is 336. The van der Waals surface area contributed by atoms with Gasteiger partial charge in [-0.15, -0.1) is 11.3 Å². The maximum Gasteiger partial charge on any atom is 0.307 e. The summed E-state index contributed by atoms with van der Waals surface area (Å²) in [4.78, 5) is 12.2. The van der Waals surface area contributed by atoms with Crippen molar-refractivity contribution >= 4 is 17.3 Å². The first-order chi connectivity index (χ1) is 7.65. The lowest BCUT2D eigenvalue weighted by atomic mass is 10.1.